The molecule has 152 valence electrons. The van der Waals surface area contributed by atoms with E-state index in [0.717, 1.165) is 18.4 Å². The van der Waals surface area contributed by atoms with Crippen LogP contribution in [0.1, 0.15) is 63.4 Å². The third-order valence-corrected chi connectivity index (χ3v) is 4.80. The fourth-order valence-corrected chi connectivity index (χ4v) is 3.28. The van der Waals surface area contributed by atoms with Crippen molar-refractivity contribution in [3.8, 4) is 11.5 Å². The average Bonchev–Trinajstić information content (AvgIpc) is 2.67. The summed E-state index contributed by atoms with van der Waals surface area (Å²) in [5.74, 6) is 0.663. The highest BCUT2D eigenvalue weighted by Crippen LogP contribution is 2.28. The number of aliphatic carboxylic acids is 2. The summed E-state index contributed by atoms with van der Waals surface area (Å²) in [4.78, 5) is 20.6. The molecule has 0 aliphatic heterocycles. The zero-order chi connectivity index (χ0) is 20.1. The van der Waals surface area contributed by atoms with E-state index in [1.807, 2.05) is 18.2 Å². The number of carboxylic acids is 2. The Bertz CT molecular complexity index is 578. The first-order chi connectivity index (χ1) is 13.0. The van der Waals surface area contributed by atoms with Crippen LogP contribution >= 0.6 is 0 Å². The molecule has 2 N–H and O–H groups in total. The van der Waals surface area contributed by atoms with E-state index in [9.17, 15) is 9.59 Å². The van der Waals surface area contributed by atoms with E-state index >= 15 is 0 Å². The summed E-state index contributed by atoms with van der Waals surface area (Å²) in [7, 11) is 3.17. The number of ether oxygens (including phenoxy) is 2. The molecule has 0 heterocycles. The molecule has 0 spiro atoms. The summed E-state index contributed by atoms with van der Waals surface area (Å²) in [5, 5.41) is 17.0. The Balaban J connectivity index is 0.000000289. The maximum absolute atomic E-state index is 10.4. The van der Waals surface area contributed by atoms with E-state index < -0.39 is 11.9 Å². The zero-order valence-electron chi connectivity index (χ0n) is 16.4. The van der Waals surface area contributed by atoms with Crippen molar-refractivity contribution in [2.45, 2.75) is 64.2 Å². The topological polar surface area (TPSA) is 93.1 Å². The van der Waals surface area contributed by atoms with Crippen LogP contribution in [-0.4, -0.2) is 36.4 Å². The van der Waals surface area contributed by atoms with Crippen LogP contribution in [0, 0.1) is 5.92 Å². The van der Waals surface area contributed by atoms with Crippen LogP contribution in [0.3, 0.4) is 0 Å². The molecule has 1 saturated carbocycles. The number of methoxy groups -OCH3 is 2. The highest BCUT2D eigenvalue weighted by molar-refractivity contribution is 5.66. The number of hydrogen-bond donors (Lipinski definition) is 2. The zero-order valence-corrected chi connectivity index (χ0v) is 16.4. The van der Waals surface area contributed by atoms with Gasteiger partial charge in [-0.1, -0.05) is 38.2 Å². The lowest BCUT2D eigenvalue weighted by Gasteiger charge is -2.20. The molecule has 6 heteroatoms. The molecule has 0 aromatic heterocycles. The second kappa shape index (κ2) is 13.0. The summed E-state index contributed by atoms with van der Waals surface area (Å²) < 4.78 is 10.3. The molecule has 0 atom stereocenters. The fourth-order valence-electron chi connectivity index (χ4n) is 3.28. The highest BCUT2D eigenvalue weighted by Gasteiger charge is 2.13. The SMILES string of the molecule is COc1ccc(CCCC(=O)O)cc1OC.O=C(O)CCC1CCCCC1. The van der Waals surface area contributed by atoms with Crippen molar-refractivity contribution in [1.82, 2.24) is 0 Å². The monoisotopic (exact) mass is 380 g/mol. The molecular formula is C21H32O6. The normalized spacial score (nSPS) is 14.0. The minimum Gasteiger partial charge on any atom is -0.493 e. The first kappa shape index (κ1) is 22.8. The third-order valence-electron chi connectivity index (χ3n) is 4.80. The Morgan fingerprint density at radius 1 is 0.963 bits per heavy atom. The Morgan fingerprint density at radius 2 is 1.59 bits per heavy atom. The number of carbonyl (C=O) groups is 2. The minimum absolute atomic E-state index is 0.189. The lowest BCUT2D eigenvalue weighted by Crippen LogP contribution is -2.08. The van der Waals surface area contributed by atoms with E-state index in [4.69, 9.17) is 19.7 Å². The molecule has 0 amide bonds. The van der Waals surface area contributed by atoms with Crippen molar-refractivity contribution in [2.75, 3.05) is 14.2 Å². The molecule has 1 fully saturated rings. The van der Waals surface area contributed by atoms with Crippen LogP contribution in [0.5, 0.6) is 11.5 Å². The third kappa shape index (κ3) is 9.87. The summed E-state index contributed by atoms with van der Waals surface area (Å²) in [6.45, 7) is 0. The number of benzene rings is 1. The van der Waals surface area contributed by atoms with Crippen molar-refractivity contribution in [2.24, 2.45) is 5.92 Å². The predicted octanol–water partition coefficient (Wildman–Crippen LogP) is 4.54. The largest absolute Gasteiger partial charge is 0.493 e. The minimum atomic E-state index is -0.763. The van der Waals surface area contributed by atoms with Crippen molar-refractivity contribution >= 4 is 11.9 Å². The Labute approximate surface area is 161 Å². The molecule has 1 aromatic carbocycles. The molecule has 6 nitrogen and oxygen atoms in total. The van der Waals surface area contributed by atoms with Gasteiger partial charge in [0.2, 0.25) is 0 Å². The Morgan fingerprint density at radius 3 is 2.15 bits per heavy atom. The highest BCUT2D eigenvalue weighted by atomic mass is 16.5. The van der Waals surface area contributed by atoms with Gasteiger partial charge in [-0.3, -0.25) is 9.59 Å². The first-order valence-corrected chi connectivity index (χ1v) is 9.60. The summed E-state index contributed by atoms with van der Waals surface area (Å²) in [6, 6.07) is 5.62. The van der Waals surface area contributed by atoms with E-state index in [0.29, 0.717) is 30.3 Å². The van der Waals surface area contributed by atoms with Crippen molar-refractivity contribution in [3.63, 3.8) is 0 Å². The van der Waals surface area contributed by atoms with E-state index in [-0.39, 0.29) is 6.42 Å². The van der Waals surface area contributed by atoms with Crippen LogP contribution in [0.25, 0.3) is 0 Å². The van der Waals surface area contributed by atoms with Crippen LogP contribution < -0.4 is 9.47 Å². The van der Waals surface area contributed by atoms with Gasteiger partial charge < -0.3 is 19.7 Å². The van der Waals surface area contributed by atoms with E-state index in [1.165, 1.54) is 32.1 Å². The number of aryl methyl sites for hydroxylation is 1. The van der Waals surface area contributed by atoms with E-state index in [1.54, 1.807) is 14.2 Å². The van der Waals surface area contributed by atoms with E-state index in [2.05, 4.69) is 0 Å². The molecule has 0 radical (unpaired) electrons. The average molecular weight is 380 g/mol. The molecule has 1 aliphatic rings. The molecule has 0 bridgehead atoms. The van der Waals surface area contributed by atoms with Gasteiger partial charge in [-0.25, -0.2) is 0 Å². The van der Waals surface area contributed by atoms with Gasteiger partial charge in [0, 0.05) is 12.8 Å². The fraction of sp³-hybridized carbons (Fsp3) is 0.619. The Hall–Kier alpha value is -2.24. The van der Waals surface area contributed by atoms with Gasteiger partial charge in [0.05, 0.1) is 14.2 Å². The van der Waals surface area contributed by atoms with Gasteiger partial charge in [0.1, 0.15) is 0 Å². The van der Waals surface area contributed by atoms with Crippen LogP contribution in [0.4, 0.5) is 0 Å². The summed E-state index contributed by atoms with van der Waals surface area (Å²) in [6.07, 6.45) is 9.30. The molecule has 1 aliphatic carbocycles. The maximum atomic E-state index is 10.4. The second-order valence-corrected chi connectivity index (χ2v) is 6.87. The van der Waals surface area contributed by atoms with Crippen LogP contribution in [-0.2, 0) is 16.0 Å². The lowest BCUT2D eigenvalue weighted by atomic mass is 9.86. The van der Waals surface area contributed by atoms with Crippen molar-refractivity contribution in [3.05, 3.63) is 23.8 Å². The smallest absolute Gasteiger partial charge is 0.303 e. The summed E-state index contributed by atoms with van der Waals surface area (Å²) >= 11 is 0. The van der Waals surface area contributed by atoms with Gasteiger partial charge >= 0.3 is 11.9 Å². The van der Waals surface area contributed by atoms with Gasteiger partial charge in [0.25, 0.3) is 0 Å². The molecule has 1 aromatic rings. The van der Waals surface area contributed by atoms with Crippen LogP contribution in [0.15, 0.2) is 18.2 Å². The number of carboxylic acid groups (broad SMARTS) is 2. The standard InChI is InChI=1S/C12H16O4.C9H16O2/c1-15-10-7-6-9(8-11(10)16-2)4-3-5-12(13)14;10-9(11)7-6-8-4-2-1-3-5-8/h6-8H,3-5H2,1-2H3,(H,13,14);8H,1-7H2,(H,10,11). The lowest BCUT2D eigenvalue weighted by molar-refractivity contribution is -0.138. The van der Waals surface area contributed by atoms with Crippen LogP contribution in [0.2, 0.25) is 0 Å². The predicted molar refractivity (Wildman–Crippen MR) is 104 cm³/mol. The van der Waals surface area contributed by atoms with Gasteiger partial charge in [-0.2, -0.15) is 0 Å². The summed E-state index contributed by atoms with van der Waals surface area (Å²) in [5.41, 5.74) is 1.05. The van der Waals surface area contributed by atoms with Gasteiger partial charge in [-0.15, -0.1) is 0 Å². The number of hydrogen-bond acceptors (Lipinski definition) is 4. The van der Waals surface area contributed by atoms with Gasteiger partial charge in [-0.05, 0) is 42.9 Å². The first-order valence-electron chi connectivity index (χ1n) is 9.60. The maximum Gasteiger partial charge on any atom is 0.303 e. The molecule has 0 unspecified atom stereocenters. The van der Waals surface area contributed by atoms with Gasteiger partial charge in [0.15, 0.2) is 11.5 Å². The molecule has 2 rings (SSSR count). The van der Waals surface area contributed by atoms with Crippen molar-refractivity contribution in [1.29, 1.82) is 0 Å². The second-order valence-electron chi connectivity index (χ2n) is 6.87. The molecule has 27 heavy (non-hydrogen) atoms. The molecular weight excluding hydrogens is 348 g/mol. The molecule has 0 saturated heterocycles. The Kier molecular flexibility index (Phi) is 11.0. The quantitative estimate of drug-likeness (QED) is 0.653. The number of rotatable bonds is 9. The van der Waals surface area contributed by atoms with Crippen molar-refractivity contribution < 1.29 is 29.3 Å².